The molecule has 0 bridgehead atoms. The Morgan fingerprint density at radius 3 is 2.48 bits per heavy atom. The molecule has 21 heavy (non-hydrogen) atoms. The van der Waals surface area contributed by atoms with E-state index in [0.29, 0.717) is 5.91 Å². The topological polar surface area (TPSA) is 29.5 Å². The molecular weight excluding hydrogens is 262 g/mol. The number of allylic oxidation sites excluding steroid dienone is 1. The number of ether oxygens (including phenoxy) is 1. The molecule has 1 aromatic carbocycles. The fourth-order valence-corrected chi connectivity index (χ4v) is 3.62. The van der Waals surface area contributed by atoms with E-state index in [0.717, 1.165) is 44.5 Å². The molecule has 0 unspecified atom stereocenters. The number of carbonyl (C=O) groups is 1. The van der Waals surface area contributed by atoms with Gasteiger partial charge in [-0.1, -0.05) is 24.3 Å². The largest absolute Gasteiger partial charge is 0.497 e. The van der Waals surface area contributed by atoms with Crippen molar-refractivity contribution in [2.24, 2.45) is 5.92 Å². The van der Waals surface area contributed by atoms with Crippen LogP contribution in [-0.2, 0) is 4.79 Å². The van der Waals surface area contributed by atoms with Crippen LogP contribution in [0.5, 0.6) is 5.75 Å². The highest BCUT2D eigenvalue weighted by atomic mass is 16.5. The standard InChI is InChI=1S/C18H23NO2/c1-13-11-16(14-5-7-15(21-2)8-6-14)17(12-13)18(20)19-9-3-4-10-19/h5-8,16-17H,1,3-4,9-12H2,2H3/t16-,17+/m1/s1. The predicted octanol–water partition coefficient (Wildman–Crippen LogP) is 3.37. The summed E-state index contributed by atoms with van der Waals surface area (Å²) in [6.45, 7) is 5.98. The fraction of sp³-hybridized carbons (Fsp3) is 0.500. The van der Waals surface area contributed by atoms with E-state index in [1.807, 2.05) is 17.0 Å². The van der Waals surface area contributed by atoms with E-state index >= 15 is 0 Å². The highest BCUT2D eigenvalue weighted by Crippen LogP contribution is 2.43. The van der Waals surface area contributed by atoms with Crippen LogP contribution >= 0.6 is 0 Å². The summed E-state index contributed by atoms with van der Waals surface area (Å²) >= 11 is 0. The fourth-order valence-electron chi connectivity index (χ4n) is 3.62. The molecule has 3 rings (SSSR count). The molecule has 2 atom stereocenters. The molecule has 1 aliphatic heterocycles. The van der Waals surface area contributed by atoms with E-state index in [1.165, 1.54) is 11.1 Å². The van der Waals surface area contributed by atoms with Crippen molar-refractivity contribution in [1.82, 2.24) is 4.90 Å². The first kappa shape index (κ1) is 14.2. The Bertz CT molecular complexity index is 529. The van der Waals surface area contributed by atoms with E-state index in [4.69, 9.17) is 4.74 Å². The number of hydrogen-bond donors (Lipinski definition) is 0. The quantitative estimate of drug-likeness (QED) is 0.797. The smallest absolute Gasteiger partial charge is 0.226 e. The van der Waals surface area contributed by atoms with Gasteiger partial charge in [-0.2, -0.15) is 0 Å². The maximum absolute atomic E-state index is 12.8. The van der Waals surface area contributed by atoms with E-state index in [2.05, 4.69) is 18.7 Å². The van der Waals surface area contributed by atoms with Crippen LogP contribution in [0, 0.1) is 5.92 Å². The van der Waals surface area contributed by atoms with Gasteiger partial charge in [0.1, 0.15) is 5.75 Å². The Morgan fingerprint density at radius 1 is 1.19 bits per heavy atom. The third-order valence-corrected chi connectivity index (χ3v) is 4.78. The van der Waals surface area contributed by atoms with E-state index < -0.39 is 0 Å². The summed E-state index contributed by atoms with van der Waals surface area (Å²) in [5.74, 6) is 1.53. The van der Waals surface area contributed by atoms with Crippen LogP contribution in [0.15, 0.2) is 36.4 Å². The molecule has 1 heterocycles. The van der Waals surface area contributed by atoms with Crippen molar-refractivity contribution >= 4 is 5.91 Å². The molecule has 2 aliphatic rings. The van der Waals surface area contributed by atoms with Crippen LogP contribution in [0.2, 0.25) is 0 Å². The minimum absolute atomic E-state index is 0.0731. The maximum atomic E-state index is 12.8. The number of hydrogen-bond acceptors (Lipinski definition) is 2. The van der Waals surface area contributed by atoms with Crippen molar-refractivity contribution in [3.05, 3.63) is 42.0 Å². The van der Waals surface area contributed by atoms with Crippen molar-refractivity contribution in [1.29, 1.82) is 0 Å². The van der Waals surface area contributed by atoms with Gasteiger partial charge in [0.15, 0.2) is 0 Å². The average molecular weight is 285 g/mol. The first-order valence-electron chi connectivity index (χ1n) is 7.78. The molecule has 0 radical (unpaired) electrons. The lowest BCUT2D eigenvalue weighted by molar-refractivity contribution is -0.134. The van der Waals surface area contributed by atoms with E-state index in [-0.39, 0.29) is 11.8 Å². The SMILES string of the molecule is C=C1C[C@H](C(=O)N2CCCC2)[C@@H](c2ccc(OC)cc2)C1. The van der Waals surface area contributed by atoms with Crippen LogP contribution in [0.1, 0.15) is 37.2 Å². The second-order valence-corrected chi connectivity index (χ2v) is 6.18. The summed E-state index contributed by atoms with van der Waals surface area (Å²) in [6.07, 6.45) is 4.06. The Morgan fingerprint density at radius 2 is 1.86 bits per heavy atom. The van der Waals surface area contributed by atoms with Gasteiger partial charge in [-0.3, -0.25) is 4.79 Å². The van der Waals surface area contributed by atoms with Gasteiger partial charge in [0.25, 0.3) is 0 Å². The zero-order valence-electron chi connectivity index (χ0n) is 12.7. The normalized spacial score (nSPS) is 25.4. The summed E-state index contributed by atoms with van der Waals surface area (Å²) in [5.41, 5.74) is 2.43. The van der Waals surface area contributed by atoms with Crippen LogP contribution < -0.4 is 4.74 Å². The van der Waals surface area contributed by atoms with Crippen molar-refractivity contribution in [3.8, 4) is 5.75 Å². The van der Waals surface area contributed by atoms with Crippen molar-refractivity contribution in [3.63, 3.8) is 0 Å². The molecule has 1 aromatic rings. The molecular formula is C18H23NO2. The van der Waals surface area contributed by atoms with Gasteiger partial charge < -0.3 is 9.64 Å². The highest BCUT2D eigenvalue weighted by Gasteiger charge is 2.38. The number of rotatable bonds is 3. The summed E-state index contributed by atoms with van der Waals surface area (Å²) in [6, 6.07) is 8.14. The molecule has 0 spiro atoms. The lowest BCUT2D eigenvalue weighted by Crippen LogP contribution is -2.34. The average Bonchev–Trinajstić information content (AvgIpc) is 3.16. The third-order valence-electron chi connectivity index (χ3n) is 4.78. The van der Waals surface area contributed by atoms with Crippen LogP contribution in [0.3, 0.4) is 0 Å². The first-order chi connectivity index (χ1) is 10.2. The van der Waals surface area contributed by atoms with E-state index in [1.54, 1.807) is 7.11 Å². The van der Waals surface area contributed by atoms with Gasteiger partial charge in [0.05, 0.1) is 7.11 Å². The Balaban J connectivity index is 1.80. The zero-order valence-corrected chi connectivity index (χ0v) is 12.7. The second kappa shape index (κ2) is 5.92. The van der Waals surface area contributed by atoms with Gasteiger partial charge in [-0.05, 0) is 49.3 Å². The minimum atomic E-state index is 0.0731. The van der Waals surface area contributed by atoms with Crippen molar-refractivity contribution < 1.29 is 9.53 Å². The monoisotopic (exact) mass is 285 g/mol. The third kappa shape index (κ3) is 2.82. The maximum Gasteiger partial charge on any atom is 0.226 e. The summed E-state index contributed by atoms with van der Waals surface area (Å²) < 4.78 is 5.22. The summed E-state index contributed by atoms with van der Waals surface area (Å²) in [7, 11) is 1.67. The van der Waals surface area contributed by atoms with Gasteiger partial charge in [0, 0.05) is 19.0 Å². The number of benzene rings is 1. The Labute approximate surface area is 126 Å². The molecule has 3 nitrogen and oxygen atoms in total. The molecule has 1 saturated carbocycles. The number of amides is 1. The van der Waals surface area contributed by atoms with Gasteiger partial charge in [0.2, 0.25) is 5.91 Å². The molecule has 0 N–H and O–H groups in total. The minimum Gasteiger partial charge on any atom is -0.497 e. The number of carbonyl (C=O) groups excluding carboxylic acids is 1. The molecule has 1 aliphatic carbocycles. The zero-order chi connectivity index (χ0) is 14.8. The van der Waals surface area contributed by atoms with E-state index in [9.17, 15) is 4.79 Å². The predicted molar refractivity (Wildman–Crippen MR) is 83.4 cm³/mol. The van der Waals surface area contributed by atoms with Gasteiger partial charge >= 0.3 is 0 Å². The summed E-state index contributed by atoms with van der Waals surface area (Å²) in [5, 5.41) is 0. The summed E-state index contributed by atoms with van der Waals surface area (Å²) in [4.78, 5) is 14.8. The molecule has 112 valence electrons. The lowest BCUT2D eigenvalue weighted by atomic mass is 9.88. The van der Waals surface area contributed by atoms with Crippen LogP contribution in [0.4, 0.5) is 0 Å². The molecule has 1 amide bonds. The van der Waals surface area contributed by atoms with Crippen molar-refractivity contribution in [2.75, 3.05) is 20.2 Å². The molecule has 1 saturated heterocycles. The molecule has 2 fully saturated rings. The Kier molecular flexibility index (Phi) is 4.00. The number of likely N-dealkylation sites (tertiary alicyclic amines) is 1. The lowest BCUT2D eigenvalue weighted by Gasteiger charge is -2.24. The van der Waals surface area contributed by atoms with Gasteiger partial charge in [-0.15, -0.1) is 0 Å². The molecule has 3 heteroatoms. The van der Waals surface area contributed by atoms with Gasteiger partial charge in [-0.25, -0.2) is 0 Å². The Hall–Kier alpha value is -1.77. The second-order valence-electron chi connectivity index (χ2n) is 6.18. The van der Waals surface area contributed by atoms with Crippen molar-refractivity contribution in [2.45, 2.75) is 31.6 Å². The number of methoxy groups -OCH3 is 1. The van der Waals surface area contributed by atoms with Crippen LogP contribution in [0.25, 0.3) is 0 Å². The van der Waals surface area contributed by atoms with Crippen LogP contribution in [-0.4, -0.2) is 31.0 Å². The molecule has 0 aromatic heterocycles. The number of nitrogens with zero attached hydrogens (tertiary/aromatic N) is 1. The first-order valence-corrected chi connectivity index (χ1v) is 7.78. The highest BCUT2D eigenvalue weighted by molar-refractivity contribution is 5.81.